The molecule has 3 heterocycles. The molecule has 0 unspecified atom stereocenters. The summed E-state index contributed by atoms with van der Waals surface area (Å²) < 4.78 is 1.23. The van der Waals surface area contributed by atoms with Gasteiger partial charge in [-0.05, 0) is 30.3 Å². The van der Waals surface area contributed by atoms with Crippen LogP contribution in [-0.2, 0) is 11.3 Å². The molecule has 0 N–H and O–H groups in total. The Kier molecular flexibility index (Phi) is 5.14. The van der Waals surface area contributed by atoms with Crippen molar-refractivity contribution in [2.45, 2.75) is 6.54 Å². The van der Waals surface area contributed by atoms with Gasteiger partial charge in [0.2, 0.25) is 5.91 Å². The smallest absolute Gasteiger partial charge is 0.267 e. The standard InChI is InChI=1S/C21H21N5O2/c27-20-9-8-19(17-5-4-10-22-15-17)23-26(20)16-21(28)25-13-11-24(12-14-25)18-6-2-1-3-7-18/h1-10,15H,11-14,16H2. The second kappa shape index (κ2) is 8.04. The van der Waals surface area contributed by atoms with Crippen LogP contribution in [0.5, 0.6) is 0 Å². The van der Waals surface area contributed by atoms with Gasteiger partial charge in [0.25, 0.3) is 5.56 Å². The van der Waals surface area contributed by atoms with E-state index in [0.717, 1.165) is 24.3 Å². The van der Waals surface area contributed by atoms with Crippen molar-refractivity contribution in [2.24, 2.45) is 0 Å². The number of amides is 1. The number of carbonyl (C=O) groups excluding carboxylic acids is 1. The summed E-state index contributed by atoms with van der Waals surface area (Å²) in [6, 6.07) is 16.9. The Morgan fingerprint density at radius 3 is 2.43 bits per heavy atom. The van der Waals surface area contributed by atoms with E-state index in [1.165, 1.54) is 10.7 Å². The molecule has 0 spiro atoms. The van der Waals surface area contributed by atoms with E-state index < -0.39 is 0 Å². The number of hydrogen-bond acceptors (Lipinski definition) is 5. The highest BCUT2D eigenvalue weighted by atomic mass is 16.2. The van der Waals surface area contributed by atoms with Crippen LogP contribution in [0.3, 0.4) is 0 Å². The van der Waals surface area contributed by atoms with Gasteiger partial charge in [-0.15, -0.1) is 0 Å². The van der Waals surface area contributed by atoms with Gasteiger partial charge in [-0.2, -0.15) is 5.10 Å². The first-order valence-corrected chi connectivity index (χ1v) is 9.27. The van der Waals surface area contributed by atoms with Gasteiger partial charge < -0.3 is 9.80 Å². The number of para-hydroxylation sites is 1. The highest BCUT2D eigenvalue weighted by Gasteiger charge is 2.22. The molecular formula is C21H21N5O2. The maximum atomic E-state index is 12.7. The van der Waals surface area contributed by atoms with E-state index in [1.807, 2.05) is 30.3 Å². The molecule has 0 atom stereocenters. The molecule has 3 aromatic rings. The summed E-state index contributed by atoms with van der Waals surface area (Å²) in [4.78, 5) is 33.0. The van der Waals surface area contributed by atoms with Gasteiger partial charge >= 0.3 is 0 Å². The summed E-state index contributed by atoms with van der Waals surface area (Å²) >= 11 is 0. The third-order valence-corrected chi connectivity index (χ3v) is 4.86. The molecule has 7 nitrogen and oxygen atoms in total. The summed E-state index contributed by atoms with van der Waals surface area (Å²) in [5.74, 6) is -0.0920. The van der Waals surface area contributed by atoms with E-state index in [-0.39, 0.29) is 18.0 Å². The average Bonchev–Trinajstić information content (AvgIpc) is 2.76. The van der Waals surface area contributed by atoms with Gasteiger partial charge in [0.05, 0.1) is 5.69 Å². The number of hydrogen-bond donors (Lipinski definition) is 0. The number of nitrogens with zero attached hydrogens (tertiary/aromatic N) is 5. The molecular weight excluding hydrogens is 354 g/mol. The second-order valence-corrected chi connectivity index (χ2v) is 6.66. The van der Waals surface area contributed by atoms with Crippen molar-refractivity contribution in [3.8, 4) is 11.3 Å². The van der Waals surface area contributed by atoms with E-state index in [4.69, 9.17) is 0 Å². The van der Waals surface area contributed by atoms with Crippen LogP contribution in [0.1, 0.15) is 0 Å². The molecule has 0 radical (unpaired) electrons. The van der Waals surface area contributed by atoms with Crippen molar-refractivity contribution in [3.63, 3.8) is 0 Å². The quantitative estimate of drug-likeness (QED) is 0.694. The van der Waals surface area contributed by atoms with Crippen molar-refractivity contribution in [1.82, 2.24) is 19.7 Å². The molecule has 1 amide bonds. The molecule has 2 aromatic heterocycles. The lowest BCUT2D eigenvalue weighted by atomic mass is 10.2. The number of rotatable bonds is 4. The van der Waals surface area contributed by atoms with Gasteiger partial charge in [0.15, 0.2) is 0 Å². The van der Waals surface area contributed by atoms with Crippen molar-refractivity contribution in [2.75, 3.05) is 31.1 Å². The number of benzene rings is 1. The normalized spacial score (nSPS) is 14.1. The topological polar surface area (TPSA) is 71.3 Å². The zero-order chi connectivity index (χ0) is 19.3. The summed E-state index contributed by atoms with van der Waals surface area (Å²) in [6.45, 7) is 2.75. The molecule has 1 aromatic carbocycles. The summed E-state index contributed by atoms with van der Waals surface area (Å²) in [5.41, 5.74) is 2.30. The fourth-order valence-electron chi connectivity index (χ4n) is 3.31. The monoisotopic (exact) mass is 375 g/mol. The minimum atomic E-state index is -0.288. The summed E-state index contributed by atoms with van der Waals surface area (Å²) in [5, 5.41) is 4.35. The van der Waals surface area contributed by atoms with Crippen LogP contribution in [0, 0.1) is 0 Å². The van der Waals surface area contributed by atoms with Crippen molar-refractivity contribution < 1.29 is 4.79 Å². The minimum Gasteiger partial charge on any atom is -0.368 e. The third-order valence-electron chi connectivity index (χ3n) is 4.86. The number of anilines is 1. The van der Waals surface area contributed by atoms with Crippen LogP contribution in [0.4, 0.5) is 5.69 Å². The SMILES string of the molecule is O=C(Cn1nc(-c2cccnc2)ccc1=O)N1CCN(c2ccccc2)CC1. The van der Waals surface area contributed by atoms with Crippen molar-refractivity contribution in [1.29, 1.82) is 0 Å². The van der Waals surface area contributed by atoms with Crippen LogP contribution in [0.25, 0.3) is 11.3 Å². The molecule has 0 bridgehead atoms. The van der Waals surface area contributed by atoms with E-state index in [2.05, 4.69) is 27.1 Å². The van der Waals surface area contributed by atoms with Gasteiger partial charge in [0, 0.05) is 55.9 Å². The molecule has 28 heavy (non-hydrogen) atoms. The third kappa shape index (κ3) is 3.93. The molecule has 1 saturated heterocycles. The van der Waals surface area contributed by atoms with Crippen LogP contribution in [0.2, 0.25) is 0 Å². The van der Waals surface area contributed by atoms with E-state index in [0.29, 0.717) is 18.8 Å². The summed E-state index contributed by atoms with van der Waals surface area (Å²) in [6.07, 6.45) is 3.36. The first-order chi connectivity index (χ1) is 13.7. The first-order valence-electron chi connectivity index (χ1n) is 9.27. The molecule has 1 fully saturated rings. The Morgan fingerprint density at radius 1 is 0.929 bits per heavy atom. The largest absolute Gasteiger partial charge is 0.368 e. The predicted molar refractivity (Wildman–Crippen MR) is 107 cm³/mol. The molecule has 142 valence electrons. The highest BCUT2D eigenvalue weighted by molar-refractivity contribution is 5.76. The number of aromatic nitrogens is 3. The van der Waals surface area contributed by atoms with E-state index in [9.17, 15) is 9.59 Å². The van der Waals surface area contributed by atoms with Crippen LogP contribution >= 0.6 is 0 Å². The molecule has 7 heteroatoms. The summed E-state index contributed by atoms with van der Waals surface area (Å²) in [7, 11) is 0. The Morgan fingerprint density at radius 2 is 1.71 bits per heavy atom. The number of pyridine rings is 1. The zero-order valence-corrected chi connectivity index (χ0v) is 15.4. The van der Waals surface area contributed by atoms with Crippen molar-refractivity contribution >= 4 is 11.6 Å². The van der Waals surface area contributed by atoms with Crippen LogP contribution in [-0.4, -0.2) is 51.8 Å². The highest BCUT2D eigenvalue weighted by Crippen LogP contribution is 2.16. The molecule has 4 rings (SSSR count). The zero-order valence-electron chi connectivity index (χ0n) is 15.4. The maximum absolute atomic E-state index is 12.7. The van der Waals surface area contributed by atoms with Gasteiger partial charge in [-0.25, -0.2) is 4.68 Å². The molecule has 1 aliphatic rings. The van der Waals surface area contributed by atoms with E-state index in [1.54, 1.807) is 23.4 Å². The Balaban J connectivity index is 1.42. The lowest BCUT2D eigenvalue weighted by Gasteiger charge is -2.36. The van der Waals surface area contributed by atoms with E-state index >= 15 is 0 Å². The van der Waals surface area contributed by atoms with Crippen LogP contribution < -0.4 is 10.5 Å². The Hall–Kier alpha value is -3.48. The molecule has 0 saturated carbocycles. The fraction of sp³-hybridized carbons (Fsp3) is 0.238. The fourth-order valence-corrected chi connectivity index (χ4v) is 3.31. The molecule has 1 aliphatic heterocycles. The van der Waals surface area contributed by atoms with Crippen molar-refractivity contribution in [3.05, 3.63) is 77.3 Å². The predicted octanol–water partition coefficient (Wildman–Crippen LogP) is 1.65. The van der Waals surface area contributed by atoms with Crippen LogP contribution in [0.15, 0.2) is 71.8 Å². The molecule has 0 aliphatic carbocycles. The lowest BCUT2D eigenvalue weighted by molar-refractivity contribution is -0.132. The number of piperazine rings is 1. The lowest BCUT2D eigenvalue weighted by Crippen LogP contribution is -2.50. The second-order valence-electron chi connectivity index (χ2n) is 6.66. The maximum Gasteiger partial charge on any atom is 0.267 e. The van der Waals surface area contributed by atoms with Gasteiger partial charge in [-0.1, -0.05) is 18.2 Å². The number of carbonyl (C=O) groups is 1. The van der Waals surface area contributed by atoms with Gasteiger partial charge in [0.1, 0.15) is 6.54 Å². The Bertz CT molecular complexity index is 996. The first kappa shape index (κ1) is 17.9. The Labute approximate surface area is 162 Å². The average molecular weight is 375 g/mol. The minimum absolute atomic E-state index is 0.0573. The van der Waals surface area contributed by atoms with Gasteiger partial charge in [-0.3, -0.25) is 14.6 Å².